The Balaban J connectivity index is 1.71. The lowest BCUT2D eigenvalue weighted by Gasteiger charge is -2.25. The molecule has 0 bridgehead atoms. The van der Waals surface area contributed by atoms with Crippen LogP contribution in [0, 0.1) is 0 Å². The molecule has 0 spiro atoms. The number of nitrogens with zero attached hydrogens (tertiary/aromatic N) is 6. The molecule has 8 nitrogen and oxygen atoms in total. The monoisotopic (exact) mass is 344 g/mol. The average Bonchev–Trinajstić information content (AvgIpc) is 3.30. The first-order valence-electron chi connectivity index (χ1n) is 8.63. The number of hydrogen-bond donors (Lipinski definition) is 0. The van der Waals surface area contributed by atoms with Gasteiger partial charge in [0, 0.05) is 45.3 Å². The highest BCUT2D eigenvalue weighted by Crippen LogP contribution is 2.27. The highest BCUT2D eigenvalue weighted by Gasteiger charge is 2.32. The quantitative estimate of drug-likeness (QED) is 0.789. The maximum atomic E-state index is 12.8. The fraction of sp³-hybridized carbons (Fsp3) is 0.529. The van der Waals surface area contributed by atoms with Crippen LogP contribution in [0.25, 0.3) is 0 Å². The standard InChI is InChI=1S/C17H24N6O2/c1-4-23-14(6-8-20-23)17(24)21(3)13-7-11-22(12-13)15-16(25-5-2)19-10-9-18-15/h6,8-10,13H,4-5,7,11-12H2,1-3H3/t13-/m0/s1. The van der Waals surface area contributed by atoms with Gasteiger partial charge in [0.05, 0.1) is 12.6 Å². The predicted molar refractivity (Wildman–Crippen MR) is 93.8 cm³/mol. The van der Waals surface area contributed by atoms with Crippen molar-refractivity contribution in [2.75, 3.05) is 31.6 Å². The van der Waals surface area contributed by atoms with Gasteiger partial charge in [0.25, 0.3) is 11.8 Å². The zero-order chi connectivity index (χ0) is 17.8. The maximum absolute atomic E-state index is 12.8. The molecule has 1 aliphatic heterocycles. The predicted octanol–water partition coefficient (Wildman–Crippen LogP) is 1.44. The second kappa shape index (κ2) is 7.50. The SMILES string of the molecule is CCOc1nccnc1N1CC[C@H](N(C)C(=O)c2ccnn2CC)C1. The van der Waals surface area contributed by atoms with E-state index < -0.39 is 0 Å². The number of carbonyl (C=O) groups is 1. The van der Waals surface area contributed by atoms with Gasteiger partial charge < -0.3 is 14.5 Å². The van der Waals surface area contributed by atoms with E-state index in [1.54, 1.807) is 34.2 Å². The third kappa shape index (κ3) is 3.42. The summed E-state index contributed by atoms with van der Waals surface area (Å²) in [5, 5.41) is 4.18. The summed E-state index contributed by atoms with van der Waals surface area (Å²) in [6.07, 6.45) is 5.84. The van der Waals surface area contributed by atoms with E-state index in [0.29, 0.717) is 31.3 Å². The number of aromatic nitrogens is 4. The number of carbonyl (C=O) groups excluding carboxylic acids is 1. The molecule has 3 heterocycles. The second-order valence-electron chi connectivity index (χ2n) is 5.95. The molecule has 0 aromatic carbocycles. The van der Waals surface area contributed by atoms with Crippen molar-refractivity contribution in [1.29, 1.82) is 0 Å². The molecule has 0 radical (unpaired) electrons. The van der Waals surface area contributed by atoms with Crippen LogP contribution in [0.2, 0.25) is 0 Å². The maximum Gasteiger partial charge on any atom is 0.272 e. The Morgan fingerprint density at radius 3 is 2.88 bits per heavy atom. The third-order valence-corrected chi connectivity index (χ3v) is 4.49. The van der Waals surface area contributed by atoms with Gasteiger partial charge in [0.2, 0.25) is 0 Å². The van der Waals surface area contributed by atoms with E-state index in [1.165, 1.54) is 0 Å². The van der Waals surface area contributed by atoms with Crippen LogP contribution < -0.4 is 9.64 Å². The van der Waals surface area contributed by atoms with Gasteiger partial charge in [0.15, 0.2) is 5.82 Å². The van der Waals surface area contributed by atoms with E-state index in [0.717, 1.165) is 18.8 Å². The minimum atomic E-state index is -0.00428. The molecule has 0 unspecified atom stereocenters. The Bertz CT molecular complexity index is 731. The summed E-state index contributed by atoms with van der Waals surface area (Å²) in [6, 6.07) is 1.88. The Labute approximate surface area is 147 Å². The van der Waals surface area contributed by atoms with Crippen LogP contribution in [-0.4, -0.2) is 63.3 Å². The average molecular weight is 344 g/mol. The highest BCUT2D eigenvalue weighted by atomic mass is 16.5. The minimum absolute atomic E-state index is 0.00428. The van der Waals surface area contributed by atoms with E-state index in [1.807, 2.05) is 20.9 Å². The summed E-state index contributed by atoms with van der Waals surface area (Å²) in [4.78, 5) is 25.4. The van der Waals surface area contributed by atoms with Crippen LogP contribution in [0.1, 0.15) is 30.8 Å². The molecule has 134 valence electrons. The fourth-order valence-electron chi connectivity index (χ4n) is 3.14. The normalized spacial score (nSPS) is 16.9. The smallest absolute Gasteiger partial charge is 0.272 e. The van der Waals surface area contributed by atoms with Gasteiger partial charge in [0.1, 0.15) is 5.69 Å². The van der Waals surface area contributed by atoms with Gasteiger partial charge in [-0.3, -0.25) is 9.48 Å². The number of ether oxygens (including phenoxy) is 1. The van der Waals surface area contributed by atoms with E-state index in [4.69, 9.17) is 4.74 Å². The Morgan fingerprint density at radius 1 is 1.32 bits per heavy atom. The van der Waals surface area contributed by atoms with Crippen molar-refractivity contribution >= 4 is 11.7 Å². The van der Waals surface area contributed by atoms with Crippen molar-refractivity contribution < 1.29 is 9.53 Å². The number of amides is 1. The van der Waals surface area contributed by atoms with Crippen LogP contribution in [0.5, 0.6) is 5.88 Å². The van der Waals surface area contributed by atoms with Crippen molar-refractivity contribution in [2.24, 2.45) is 0 Å². The number of anilines is 1. The molecule has 2 aromatic heterocycles. The molecule has 2 aromatic rings. The van der Waals surface area contributed by atoms with Crippen LogP contribution in [0.15, 0.2) is 24.7 Å². The molecule has 0 aliphatic carbocycles. The summed E-state index contributed by atoms with van der Waals surface area (Å²) in [6.45, 7) is 6.65. The van der Waals surface area contributed by atoms with Crippen molar-refractivity contribution in [1.82, 2.24) is 24.6 Å². The summed E-state index contributed by atoms with van der Waals surface area (Å²) < 4.78 is 7.30. The molecule has 8 heteroatoms. The van der Waals surface area contributed by atoms with E-state index in [9.17, 15) is 4.79 Å². The largest absolute Gasteiger partial charge is 0.475 e. The van der Waals surface area contributed by atoms with Gasteiger partial charge in [-0.15, -0.1) is 0 Å². The van der Waals surface area contributed by atoms with E-state index >= 15 is 0 Å². The van der Waals surface area contributed by atoms with Gasteiger partial charge in [-0.25, -0.2) is 9.97 Å². The Morgan fingerprint density at radius 2 is 2.12 bits per heavy atom. The third-order valence-electron chi connectivity index (χ3n) is 4.49. The molecule has 1 saturated heterocycles. The summed E-state index contributed by atoms with van der Waals surface area (Å²) in [5.74, 6) is 1.28. The van der Waals surface area contributed by atoms with Crippen molar-refractivity contribution in [2.45, 2.75) is 32.9 Å². The summed E-state index contributed by atoms with van der Waals surface area (Å²) in [5.41, 5.74) is 0.623. The molecule has 3 rings (SSSR count). The summed E-state index contributed by atoms with van der Waals surface area (Å²) in [7, 11) is 1.85. The Hall–Kier alpha value is -2.64. The van der Waals surface area contributed by atoms with E-state index in [-0.39, 0.29) is 11.9 Å². The van der Waals surface area contributed by atoms with Crippen LogP contribution >= 0.6 is 0 Å². The number of aryl methyl sites for hydroxylation is 1. The first kappa shape index (κ1) is 17.2. The molecular formula is C17H24N6O2. The van der Waals surface area contributed by atoms with Crippen LogP contribution in [-0.2, 0) is 6.54 Å². The highest BCUT2D eigenvalue weighted by molar-refractivity contribution is 5.92. The van der Waals surface area contributed by atoms with Crippen molar-refractivity contribution in [3.8, 4) is 5.88 Å². The minimum Gasteiger partial charge on any atom is -0.475 e. The lowest BCUT2D eigenvalue weighted by atomic mass is 10.2. The van der Waals surface area contributed by atoms with Gasteiger partial charge in [-0.2, -0.15) is 5.10 Å². The number of hydrogen-bond acceptors (Lipinski definition) is 6. The zero-order valence-electron chi connectivity index (χ0n) is 14.9. The number of rotatable bonds is 6. The molecular weight excluding hydrogens is 320 g/mol. The first-order chi connectivity index (χ1) is 12.2. The lowest BCUT2D eigenvalue weighted by molar-refractivity contribution is 0.0732. The van der Waals surface area contributed by atoms with E-state index in [2.05, 4.69) is 20.0 Å². The van der Waals surface area contributed by atoms with Gasteiger partial charge >= 0.3 is 0 Å². The molecule has 1 fully saturated rings. The molecule has 1 amide bonds. The topological polar surface area (TPSA) is 76.4 Å². The Kier molecular flexibility index (Phi) is 5.16. The molecule has 0 saturated carbocycles. The van der Waals surface area contributed by atoms with Crippen molar-refractivity contribution in [3.63, 3.8) is 0 Å². The molecule has 1 atom stereocenters. The fourth-order valence-corrected chi connectivity index (χ4v) is 3.14. The summed E-state index contributed by atoms with van der Waals surface area (Å²) >= 11 is 0. The van der Waals surface area contributed by atoms with Crippen LogP contribution in [0.3, 0.4) is 0 Å². The molecule has 0 N–H and O–H groups in total. The second-order valence-corrected chi connectivity index (χ2v) is 5.95. The van der Waals surface area contributed by atoms with Crippen LogP contribution in [0.4, 0.5) is 5.82 Å². The van der Waals surface area contributed by atoms with Gasteiger partial charge in [-0.05, 0) is 26.3 Å². The molecule has 25 heavy (non-hydrogen) atoms. The molecule has 1 aliphatic rings. The number of likely N-dealkylation sites (N-methyl/N-ethyl adjacent to an activating group) is 1. The lowest BCUT2D eigenvalue weighted by Crippen LogP contribution is -2.40. The van der Waals surface area contributed by atoms with Crippen molar-refractivity contribution in [3.05, 3.63) is 30.4 Å². The van der Waals surface area contributed by atoms with Gasteiger partial charge in [-0.1, -0.05) is 0 Å². The zero-order valence-corrected chi connectivity index (χ0v) is 14.9. The first-order valence-corrected chi connectivity index (χ1v) is 8.63.